The predicted octanol–water partition coefficient (Wildman–Crippen LogP) is 5.72. The summed E-state index contributed by atoms with van der Waals surface area (Å²) in [6.45, 7) is 0. The van der Waals surface area contributed by atoms with Gasteiger partial charge < -0.3 is 0 Å². The summed E-state index contributed by atoms with van der Waals surface area (Å²) in [5.41, 5.74) is 1.32. The van der Waals surface area contributed by atoms with Crippen LogP contribution in [-0.2, 0) is 6.42 Å². The number of hydrogen-bond donors (Lipinski definition) is 0. The Morgan fingerprint density at radius 1 is 1.21 bits per heavy atom. The van der Waals surface area contributed by atoms with E-state index in [1.165, 1.54) is 37.7 Å². The van der Waals surface area contributed by atoms with E-state index in [2.05, 4.69) is 28.1 Å². The number of fused-ring (bicyclic) bond motifs is 2. The summed E-state index contributed by atoms with van der Waals surface area (Å²) in [6.07, 6.45) is 8.53. The number of halogens is 2. The Morgan fingerprint density at radius 3 is 2.68 bits per heavy atom. The van der Waals surface area contributed by atoms with Crippen LogP contribution in [-0.4, -0.2) is 5.33 Å². The molecular weight excluding hydrogens is 320 g/mol. The maximum atomic E-state index is 6.29. The van der Waals surface area contributed by atoms with Gasteiger partial charge in [-0.25, -0.2) is 0 Å². The van der Waals surface area contributed by atoms with Gasteiger partial charge in [0.2, 0.25) is 0 Å². The average molecular weight is 342 g/mol. The molecule has 2 saturated carbocycles. The Morgan fingerprint density at radius 2 is 2.05 bits per heavy atom. The van der Waals surface area contributed by atoms with Crippen LogP contribution >= 0.6 is 27.5 Å². The van der Waals surface area contributed by atoms with Crippen LogP contribution in [0.15, 0.2) is 24.3 Å². The van der Waals surface area contributed by atoms with Gasteiger partial charge in [0, 0.05) is 10.4 Å². The normalized spacial score (nSPS) is 30.7. The number of alkyl halides is 1. The third-order valence-corrected chi connectivity index (χ3v) is 6.49. The molecule has 1 aromatic rings. The molecular formula is C17H22BrCl. The molecule has 4 unspecified atom stereocenters. The van der Waals surface area contributed by atoms with Crippen LogP contribution in [0.1, 0.15) is 37.7 Å². The fraction of sp³-hybridized carbons (Fsp3) is 0.647. The van der Waals surface area contributed by atoms with E-state index in [1.807, 2.05) is 12.1 Å². The molecule has 0 aliphatic heterocycles. The SMILES string of the molecule is Clc1ccccc1CC(CBr)CC1CC2CCC1C2. The van der Waals surface area contributed by atoms with E-state index in [1.54, 1.807) is 0 Å². The number of rotatable bonds is 5. The highest BCUT2D eigenvalue weighted by molar-refractivity contribution is 9.09. The molecule has 1 aromatic carbocycles. The number of benzene rings is 1. The predicted molar refractivity (Wildman–Crippen MR) is 86.0 cm³/mol. The fourth-order valence-electron chi connectivity index (χ4n) is 4.27. The smallest absolute Gasteiger partial charge is 0.0438 e. The molecule has 2 aliphatic carbocycles. The average Bonchev–Trinajstić information content (AvgIpc) is 3.02. The molecule has 0 N–H and O–H groups in total. The second-order valence-electron chi connectivity index (χ2n) is 6.49. The van der Waals surface area contributed by atoms with E-state index in [0.29, 0.717) is 0 Å². The van der Waals surface area contributed by atoms with Crippen molar-refractivity contribution in [1.29, 1.82) is 0 Å². The van der Waals surface area contributed by atoms with Gasteiger partial charge in [-0.1, -0.05) is 52.2 Å². The molecule has 3 rings (SSSR count). The first-order chi connectivity index (χ1) is 9.26. The van der Waals surface area contributed by atoms with Gasteiger partial charge in [-0.15, -0.1) is 0 Å². The Hall–Kier alpha value is -0.0100. The van der Waals surface area contributed by atoms with Crippen molar-refractivity contribution in [2.75, 3.05) is 5.33 Å². The summed E-state index contributed by atoms with van der Waals surface area (Å²) in [4.78, 5) is 0. The van der Waals surface area contributed by atoms with Crippen molar-refractivity contribution < 1.29 is 0 Å². The maximum absolute atomic E-state index is 6.29. The van der Waals surface area contributed by atoms with Crippen LogP contribution in [0.3, 0.4) is 0 Å². The molecule has 2 aliphatic rings. The zero-order chi connectivity index (χ0) is 13.2. The minimum atomic E-state index is 0.740. The quantitative estimate of drug-likeness (QED) is 0.601. The summed E-state index contributed by atoms with van der Waals surface area (Å²) in [7, 11) is 0. The lowest BCUT2D eigenvalue weighted by Gasteiger charge is -2.26. The van der Waals surface area contributed by atoms with Crippen molar-refractivity contribution in [2.24, 2.45) is 23.7 Å². The lowest BCUT2D eigenvalue weighted by molar-refractivity contribution is 0.277. The van der Waals surface area contributed by atoms with Crippen molar-refractivity contribution in [3.05, 3.63) is 34.9 Å². The molecule has 19 heavy (non-hydrogen) atoms. The molecule has 0 radical (unpaired) electrons. The van der Waals surface area contributed by atoms with E-state index in [9.17, 15) is 0 Å². The van der Waals surface area contributed by atoms with Crippen LogP contribution in [0.25, 0.3) is 0 Å². The van der Waals surface area contributed by atoms with Crippen molar-refractivity contribution >= 4 is 27.5 Å². The highest BCUT2D eigenvalue weighted by Crippen LogP contribution is 2.50. The summed E-state index contributed by atoms with van der Waals surface area (Å²) >= 11 is 10.0. The Labute approximate surface area is 130 Å². The highest BCUT2D eigenvalue weighted by atomic mass is 79.9. The monoisotopic (exact) mass is 340 g/mol. The largest absolute Gasteiger partial charge is 0.0925 e. The van der Waals surface area contributed by atoms with E-state index in [0.717, 1.165) is 40.4 Å². The van der Waals surface area contributed by atoms with E-state index in [4.69, 9.17) is 11.6 Å². The minimum Gasteiger partial charge on any atom is -0.0925 e. The molecule has 104 valence electrons. The van der Waals surface area contributed by atoms with Crippen LogP contribution in [0, 0.1) is 23.7 Å². The lowest BCUT2D eigenvalue weighted by atomic mass is 9.81. The minimum absolute atomic E-state index is 0.740. The van der Waals surface area contributed by atoms with Gasteiger partial charge in [-0.3, -0.25) is 0 Å². The third kappa shape index (κ3) is 3.19. The van der Waals surface area contributed by atoms with Crippen LogP contribution < -0.4 is 0 Å². The van der Waals surface area contributed by atoms with Gasteiger partial charge in [-0.2, -0.15) is 0 Å². The molecule has 0 amide bonds. The first-order valence-electron chi connectivity index (χ1n) is 7.55. The van der Waals surface area contributed by atoms with Crippen molar-refractivity contribution in [1.82, 2.24) is 0 Å². The Bertz CT molecular complexity index is 431. The van der Waals surface area contributed by atoms with E-state index < -0.39 is 0 Å². The Kier molecular flexibility index (Phi) is 4.54. The van der Waals surface area contributed by atoms with Gasteiger partial charge in [0.15, 0.2) is 0 Å². The van der Waals surface area contributed by atoms with Crippen LogP contribution in [0.5, 0.6) is 0 Å². The molecule has 0 nitrogen and oxygen atoms in total. The van der Waals surface area contributed by atoms with Crippen molar-refractivity contribution in [3.8, 4) is 0 Å². The molecule has 0 saturated heterocycles. The highest BCUT2D eigenvalue weighted by Gasteiger charge is 2.39. The van der Waals surface area contributed by atoms with E-state index >= 15 is 0 Å². The topological polar surface area (TPSA) is 0 Å². The summed E-state index contributed by atoms with van der Waals surface area (Å²) in [5, 5.41) is 2.04. The molecule has 2 heteroatoms. The van der Waals surface area contributed by atoms with Gasteiger partial charge in [0.05, 0.1) is 0 Å². The molecule has 0 spiro atoms. The third-order valence-electron chi connectivity index (χ3n) is 5.21. The van der Waals surface area contributed by atoms with Crippen LogP contribution in [0.4, 0.5) is 0 Å². The maximum Gasteiger partial charge on any atom is 0.0438 e. The standard InChI is InChI=1S/C17H22BrCl/c18-11-13(9-15-3-1-2-4-17(15)19)10-16-8-12-5-6-14(16)7-12/h1-4,12-14,16H,5-11H2. The number of hydrogen-bond acceptors (Lipinski definition) is 0. The van der Waals surface area contributed by atoms with Crippen LogP contribution in [0.2, 0.25) is 5.02 Å². The Balaban J connectivity index is 1.60. The summed E-state index contributed by atoms with van der Waals surface area (Å²) in [5.74, 6) is 3.83. The molecule has 2 bridgehead atoms. The first kappa shape index (κ1) is 13.9. The van der Waals surface area contributed by atoms with Gasteiger partial charge in [-0.05, 0) is 67.4 Å². The van der Waals surface area contributed by atoms with Gasteiger partial charge >= 0.3 is 0 Å². The molecule has 2 fully saturated rings. The lowest BCUT2D eigenvalue weighted by Crippen LogP contribution is -2.17. The molecule has 4 atom stereocenters. The molecule has 0 aromatic heterocycles. The second-order valence-corrected chi connectivity index (χ2v) is 7.54. The van der Waals surface area contributed by atoms with Gasteiger partial charge in [0.25, 0.3) is 0 Å². The fourth-order valence-corrected chi connectivity index (χ4v) is 4.98. The summed E-state index contributed by atoms with van der Waals surface area (Å²) < 4.78 is 0. The van der Waals surface area contributed by atoms with Gasteiger partial charge in [0.1, 0.15) is 0 Å². The second kappa shape index (κ2) is 6.18. The first-order valence-corrected chi connectivity index (χ1v) is 9.05. The zero-order valence-corrected chi connectivity index (χ0v) is 13.7. The van der Waals surface area contributed by atoms with E-state index in [-0.39, 0.29) is 0 Å². The molecule has 0 heterocycles. The zero-order valence-electron chi connectivity index (χ0n) is 11.3. The van der Waals surface area contributed by atoms with Crippen molar-refractivity contribution in [3.63, 3.8) is 0 Å². The van der Waals surface area contributed by atoms with Crippen molar-refractivity contribution in [2.45, 2.75) is 38.5 Å². The summed E-state index contributed by atoms with van der Waals surface area (Å²) in [6, 6.07) is 8.31.